The lowest BCUT2D eigenvalue weighted by Gasteiger charge is -2.45. The Morgan fingerprint density at radius 3 is 2.74 bits per heavy atom. The van der Waals surface area contributed by atoms with Crippen LogP contribution in [-0.2, 0) is 0 Å². The second kappa shape index (κ2) is 5.13. The summed E-state index contributed by atoms with van der Waals surface area (Å²) in [5.41, 5.74) is 13.6. The summed E-state index contributed by atoms with van der Waals surface area (Å²) in [5.74, 6) is 0.526. The van der Waals surface area contributed by atoms with Crippen molar-refractivity contribution in [3.05, 3.63) is 23.5 Å². The highest BCUT2D eigenvalue weighted by Crippen LogP contribution is 2.42. The number of fused-ring (bicyclic) bond motifs is 1. The average Bonchev–Trinajstić information content (AvgIpc) is 2.94. The van der Waals surface area contributed by atoms with E-state index in [-0.39, 0.29) is 5.96 Å². The maximum absolute atomic E-state index is 6.48. The number of aromatic nitrogens is 1. The van der Waals surface area contributed by atoms with E-state index in [2.05, 4.69) is 15.0 Å². The number of aliphatic imine (C=N–C) groups is 2. The largest absolute Gasteiger partial charge is 0.443 e. The van der Waals surface area contributed by atoms with Gasteiger partial charge in [-0.3, -0.25) is 4.90 Å². The third-order valence-corrected chi connectivity index (χ3v) is 4.79. The molecule has 2 aromatic rings. The molecule has 0 bridgehead atoms. The van der Waals surface area contributed by atoms with Crippen LogP contribution in [0.4, 0.5) is 5.69 Å². The van der Waals surface area contributed by atoms with E-state index in [0.29, 0.717) is 22.1 Å². The van der Waals surface area contributed by atoms with Crippen LogP contribution in [0.15, 0.2) is 32.9 Å². The zero-order valence-electron chi connectivity index (χ0n) is 12.5. The molecule has 1 aliphatic carbocycles. The predicted molar refractivity (Wildman–Crippen MR) is 90.6 cm³/mol. The van der Waals surface area contributed by atoms with Crippen LogP contribution >= 0.6 is 11.6 Å². The van der Waals surface area contributed by atoms with Crippen LogP contribution in [0.3, 0.4) is 0 Å². The molecular weight excluding hydrogens is 316 g/mol. The van der Waals surface area contributed by atoms with E-state index in [1.807, 2.05) is 11.0 Å². The Hall–Kier alpha value is -2.28. The minimum atomic E-state index is -0.522. The molecule has 23 heavy (non-hydrogen) atoms. The van der Waals surface area contributed by atoms with Crippen molar-refractivity contribution in [2.45, 2.75) is 37.8 Å². The molecule has 7 nitrogen and oxygen atoms in total. The van der Waals surface area contributed by atoms with Gasteiger partial charge in [0.2, 0.25) is 11.9 Å². The topological polar surface area (TPSA) is 106 Å². The summed E-state index contributed by atoms with van der Waals surface area (Å²) in [7, 11) is 0. The molecule has 2 aliphatic rings. The standard InChI is InChI=1S/C15H17ClN6O/c16-9-6-10-12(23-8-19-10)7-11(9)22-14(18)20-13(17)21-15(22)4-2-1-3-5-15/h6-8H,1-5H2,(H4,17,18,20,21). The van der Waals surface area contributed by atoms with E-state index in [0.717, 1.165) is 31.4 Å². The van der Waals surface area contributed by atoms with Crippen LogP contribution in [-0.4, -0.2) is 22.6 Å². The van der Waals surface area contributed by atoms with E-state index in [1.165, 1.54) is 12.8 Å². The lowest BCUT2D eigenvalue weighted by atomic mass is 9.87. The minimum Gasteiger partial charge on any atom is -0.443 e. The molecule has 1 spiro atoms. The third kappa shape index (κ3) is 2.23. The number of guanidine groups is 2. The van der Waals surface area contributed by atoms with E-state index in [9.17, 15) is 0 Å². The fourth-order valence-corrected chi connectivity index (χ4v) is 3.75. The zero-order chi connectivity index (χ0) is 16.0. The smallest absolute Gasteiger partial charge is 0.220 e. The summed E-state index contributed by atoms with van der Waals surface area (Å²) in [5, 5.41) is 0.533. The molecule has 1 saturated carbocycles. The number of anilines is 1. The van der Waals surface area contributed by atoms with Crippen molar-refractivity contribution in [2.75, 3.05) is 4.90 Å². The van der Waals surface area contributed by atoms with Crippen molar-refractivity contribution in [3.8, 4) is 0 Å². The third-order valence-electron chi connectivity index (χ3n) is 4.49. The Morgan fingerprint density at radius 2 is 1.96 bits per heavy atom. The van der Waals surface area contributed by atoms with Crippen LogP contribution in [0.5, 0.6) is 0 Å². The van der Waals surface area contributed by atoms with Gasteiger partial charge in [0.25, 0.3) is 0 Å². The second-order valence-corrected chi connectivity index (χ2v) is 6.35. The van der Waals surface area contributed by atoms with Gasteiger partial charge in [0.15, 0.2) is 12.0 Å². The Kier molecular flexibility index (Phi) is 3.19. The minimum absolute atomic E-state index is 0.220. The van der Waals surface area contributed by atoms with Crippen LogP contribution in [0.25, 0.3) is 11.1 Å². The van der Waals surface area contributed by atoms with Crippen LogP contribution in [0, 0.1) is 0 Å². The number of hydrogen-bond acceptors (Lipinski definition) is 7. The number of benzene rings is 1. The molecule has 1 aromatic heterocycles. The highest BCUT2D eigenvalue weighted by molar-refractivity contribution is 6.34. The summed E-state index contributed by atoms with van der Waals surface area (Å²) in [6.07, 6.45) is 6.40. The first-order chi connectivity index (χ1) is 11.1. The van der Waals surface area contributed by atoms with Gasteiger partial charge in [-0.15, -0.1) is 0 Å². The highest BCUT2D eigenvalue weighted by atomic mass is 35.5. The fourth-order valence-electron chi connectivity index (χ4n) is 3.51. The first kappa shape index (κ1) is 14.3. The zero-order valence-corrected chi connectivity index (χ0v) is 13.3. The highest BCUT2D eigenvalue weighted by Gasteiger charge is 2.43. The Balaban J connectivity index is 1.89. The maximum Gasteiger partial charge on any atom is 0.220 e. The normalized spacial score (nSPS) is 20.7. The number of halogens is 1. The molecule has 4 N–H and O–H groups in total. The fraction of sp³-hybridized carbons (Fsp3) is 0.400. The lowest BCUT2D eigenvalue weighted by molar-refractivity contribution is 0.305. The molecule has 0 amide bonds. The van der Waals surface area contributed by atoms with E-state index < -0.39 is 5.66 Å². The Labute approximate surface area is 138 Å². The van der Waals surface area contributed by atoms with Gasteiger partial charge in [-0.2, -0.15) is 4.99 Å². The van der Waals surface area contributed by atoms with Gasteiger partial charge in [-0.1, -0.05) is 18.0 Å². The van der Waals surface area contributed by atoms with Crippen LogP contribution < -0.4 is 16.4 Å². The van der Waals surface area contributed by atoms with Crippen LogP contribution in [0.2, 0.25) is 5.02 Å². The first-order valence-electron chi connectivity index (χ1n) is 7.62. The van der Waals surface area contributed by atoms with Crippen molar-refractivity contribution in [1.82, 2.24) is 4.98 Å². The SMILES string of the molecule is NC1=NC2(CCCCC2)N(c2cc3ocnc3cc2Cl)C(N)=N1. The number of hydrogen-bond donors (Lipinski definition) is 2. The number of nitrogens with zero attached hydrogens (tertiary/aromatic N) is 4. The number of nitrogens with two attached hydrogens (primary N) is 2. The van der Waals surface area contributed by atoms with Gasteiger partial charge < -0.3 is 15.9 Å². The van der Waals surface area contributed by atoms with Gasteiger partial charge >= 0.3 is 0 Å². The molecular formula is C15H17ClN6O. The quantitative estimate of drug-likeness (QED) is 0.834. The predicted octanol–water partition coefficient (Wildman–Crippen LogP) is 2.59. The summed E-state index contributed by atoms with van der Waals surface area (Å²) in [6, 6.07) is 3.60. The monoisotopic (exact) mass is 332 g/mol. The molecule has 1 aromatic carbocycles. The average molecular weight is 333 g/mol. The number of rotatable bonds is 1. The second-order valence-electron chi connectivity index (χ2n) is 5.94. The molecule has 2 heterocycles. The van der Waals surface area contributed by atoms with E-state index >= 15 is 0 Å². The molecule has 1 fully saturated rings. The van der Waals surface area contributed by atoms with Gasteiger partial charge in [-0.05, 0) is 31.7 Å². The Bertz CT molecular complexity index is 820. The van der Waals surface area contributed by atoms with Gasteiger partial charge in [0.1, 0.15) is 11.2 Å². The molecule has 0 unspecified atom stereocenters. The van der Waals surface area contributed by atoms with Gasteiger partial charge in [0, 0.05) is 6.07 Å². The van der Waals surface area contributed by atoms with Gasteiger partial charge in [-0.25, -0.2) is 9.98 Å². The molecule has 0 radical (unpaired) electrons. The van der Waals surface area contributed by atoms with E-state index in [4.69, 9.17) is 27.5 Å². The maximum atomic E-state index is 6.48. The number of oxazole rings is 1. The summed E-state index contributed by atoms with van der Waals surface area (Å²) in [4.78, 5) is 14.8. The molecule has 0 saturated heterocycles. The molecule has 8 heteroatoms. The Morgan fingerprint density at radius 1 is 1.17 bits per heavy atom. The van der Waals surface area contributed by atoms with Crippen molar-refractivity contribution >= 4 is 40.3 Å². The lowest BCUT2D eigenvalue weighted by Crippen LogP contribution is -2.58. The summed E-state index contributed by atoms with van der Waals surface area (Å²) < 4.78 is 5.40. The van der Waals surface area contributed by atoms with Crippen molar-refractivity contribution in [3.63, 3.8) is 0 Å². The molecule has 4 rings (SSSR count). The first-order valence-corrected chi connectivity index (χ1v) is 7.99. The van der Waals surface area contributed by atoms with E-state index in [1.54, 1.807) is 6.07 Å². The molecule has 120 valence electrons. The van der Waals surface area contributed by atoms with Gasteiger partial charge in [0.05, 0.1) is 10.7 Å². The van der Waals surface area contributed by atoms with Crippen molar-refractivity contribution in [1.29, 1.82) is 0 Å². The van der Waals surface area contributed by atoms with Crippen molar-refractivity contribution in [2.24, 2.45) is 21.5 Å². The van der Waals surface area contributed by atoms with Crippen LogP contribution in [0.1, 0.15) is 32.1 Å². The molecule has 1 aliphatic heterocycles. The van der Waals surface area contributed by atoms with Crippen molar-refractivity contribution < 1.29 is 4.42 Å². The summed E-state index contributed by atoms with van der Waals surface area (Å²) >= 11 is 6.48. The summed E-state index contributed by atoms with van der Waals surface area (Å²) in [6.45, 7) is 0. The molecule has 0 atom stereocenters.